The van der Waals surface area contributed by atoms with E-state index in [1.165, 1.54) is 57.8 Å². The van der Waals surface area contributed by atoms with E-state index in [0.29, 0.717) is 6.10 Å². The van der Waals surface area contributed by atoms with Crippen LogP contribution in [0.15, 0.2) is 0 Å². The van der Waals surface area contributed by atoms with Gasteiger partial charge in [0.25, 0.3) is 0 Å². The molecule has 0 amide bonds. The zero-order chi connectivity index (χ0) is 13.0. The van der Waals surface area contributed by atoms with E-state index in [-0.39, 0.29) is 0 Å². The van der Waals surface area contributed by atoms with Crippen molar-refractivity contribution in [3.8, 4) is 0 Å². The van der Waals surface area contributed by atoms with Crippen LogP contribution < -0.4 is 0 Å². The Morgan fingerprint density at radius 2 is 1.28 bits per heavy atom. The van der Waals surface area contributed by atoms with Crippen LogP contribution in [0.5, 0.6) is 0 Å². The summed E-state index contributed by atoms with van der Waals surface area (Å²) < 4.78 is 12.7. The minimum absolute atomic E-state index is 0.319. The predicted octanol–water partition coefficient (Wildman–Crippen LogP) is 4.78. The fourth-order valence-corrected chi connectivity index (χ4v) is 9.09. The van der Waals surface area contributed by atoms with Crippen LogP contribution in [0.4, 0.5) is 0 Å². The van der Waals surface area contributed by atoms with Gasteiger partial charge in [0.15, 0.2) is 0 Å². The molecule has 0 saturated heterocycles. The molecule has 0 heterocycles. The molecule has 3 heteroatoms. The van der Waals surface area contributed by atoms with E-state index in [1.54, 1.807) is 0 Å². The average Bonchev–Trinajstić information content (AvgIpc) is 2.91. The van der Waals surface area contributed by atoms with Gasteiger partial charge in [0, 0.05) is 24.3 Å². The van der Waals surface area contributed by atoms with Crippen molar-refractivity contribution in [1.82, 2.24) is 0 Å². The van der Waals surface area contributed by atoms with E-state index in [9.17, 15) is 0 Å². The second kappa shape index (κ2) is 6.53. The molecule has 0 N–H and O–H groups in total. The smallest absolute Gasteiger partial charge is 0.344 e. The van der Waals surface area contributed by atoms with Gasteiger partial charge in [-0.3, -0.25) is 0 Å². The third-order valence-corrected chi connectivity index (χ3v) is 9.75. The molecule has 0 spiro atoms. The van der Waals surface area contributed by atoms with Crippen molar-refractivity contribution in [1.29, 1.82) is 0 Å². The highest BCUT2D eigenvalue weighted by atomic mass is 28.4. The molecule has 0 aromatic heterocycles. The Kier molecular flexibility index (Phi) is 5.28. The molecule has 2 rings (SSSR count). The van der Waals surface area contributed by atoms with Gasteiger partial charge in [-0.1, -0.05) is 32.1 Å². The summed E-state index contributed by atoms with van der Waals surface area (Å²) in [5.41, 5.74) is 1.51. The molecular formula is C15H30O2Si. The SMILES string of the molecule is CO[Si](OC(C)C)(C1CCCCC1)C1CCCC1. The van der Waals surface area contributed by atoms with Crippen molar-refractivity contribution < 1.29 is 8.85 Å². The Bertz CT molecular complexity index is 245. The first-order chi connectivity index (χ1) is 8.69. The Balaban J connectivity index is 2.17. The van der Waals surface area contributed by atoms with Crippen molar-refractivity contribution in [2.75, 3.05) is 7.11 Å². The largest absolute Gasteiger partial charge is 0.397 e. The van der Waals surface area contributed by atoms with Gasteiger partial charge in [-0.15, -0.1) is 0 Å². The molecule has 1 atom stereocenters. The van der Waals surface area contributed by atoms with Crippen LogP contribution in [0, 0.1) is 0 Å². The molecule has 0 radical (unpaired) electrons. The maximum atomic E-state index is 6.53. The molecule has 18 heavy (non-hydrogen) atoms. The summed E-state index contributed by atoms with van der Waals surface area (Å²) in [5, 5.41) is 0. The van der Waals surface area contributed by atoms with Gasteiger partial charge in [-0.25, -0.2) is 0 Å². The predicted molar refractivity (Wildman–Crippen MR) is 78.0 cm³/mol. The molecule has 1 unspecified atom stereocenters. The first kappa shape index (κ1) is 14.5. The standard InChI is InChI=1S/C15H30O2Si/c1-13(2)17-18(16-3,15-11-7-8-12-15)14-9-5-4-6-10-14/h13-15H,4-12H2,1-3H3. The molecule has 0 aliphatic heterocycles. The fraction of sp³-hybridized carbons (Fsp3) is 1.00. The zero-order valence-corrected chi connectivity index (χ0v) is 13.4. The number of hydrogen-bond acceptors (Lipinski definition) is 2. The molecule has 0 aromatic rings. The lowest BCUT2D eigenvalue weighted by Crippen LogP contribution is -2.51. The Labute approximate surface area is 114 Å². The summed E-state index contributed by atoms with van der Waals surface area (Å²) in [6.07, 6.45) is 12.7. The third kappa shape index (κ3) is 2.99. The molecule has 106 valence electrons. The molecule has 2 saturated carbocycles. The summed E-state index contributed by atoms with van der Waals surface area (Å²) >= 11 is 0. The van der Waals surface area contributed by atoms with Crippen LogP contribution in [0.3, 0.4) is 0 Å². The molecule has 0 aromatic carbocycles. The molecule has 2 aliphatic rings. The van der Waals surface area contributed by atoms with E-state index in [0.717, 1.165) is 11.1 Å². The van der Waals surface area contributed by atoms with Gasteiger partial charge in [0.05, 0.1) is 0 Å². The molecule has 2 nitrogen and oxygen atoms in total. The summed E-state index contributed by atoms with van der Waals surface area (Å²) in [5.74, 6) is 0. The van der Waals surface area contributed by atoms with Crippen LogP contribution in [0.1, 0.15) is 71.6 Å². The van der Waals surface area contributed by atoms with E-state index in [1.807, 2.05) is 7.11 Å². The number of hydrogen-bond donors (Lipinski definition) is 0. The van der Waals surface area contributed by atoms with Gasteiger partial charge in [-0.2, -0.15) is 0 Å². The van der Waals surface area contributed by atoms with Crippen molar-refractivity contribution in [3.05, 3.63) is 0 Å². The van der Waals surface area contributed by atoms with E-state index in [2.05, 4.69) is 13.8 Å². The monoisotopic (exact) mass is 270 g/mol. The minimum atomic E-state index is -2.00. The van der Waals surface area contributed by atoms with Gasteiger partial charge >= 0.3 is 8.56 Å². The third-order valence-electron chi connectivity index (χ3n) is 4.84. The van der Waals surface area contributed by atoms with Gasteiger partial charge in [0.2, 0.25) is 0 Å². The first-order valence-corrected chi connectivity index (χ1v) is 9.89. The lowest BCUT2D eigenvalue weighted by Gasteiger charge is -2.43. The van der Waals surface area contributed by atoms with Crippen LogP contribution in [0.25, 0.3) is 0 Å². The first-order valence-electron chi connectivity index (χ1n) is 7.92. The normalized spacial score (nSPS) is 26.7. The highest BCUT2D eigenvalue weighted by Gasteiger charge is 2.52. The lowest BCUT2D eigenvalue weighted by atomic mass is 10.0. The Hall–Kier alpha value is 0.137. The van der Waals surface area contributed by atoms with Crippen LogP contribution in [-0.4, -0.2) is 21.8 Å². The van der Waals surface area contributed by atoms with Crippen molar-refractivity contribution in [2.45, 2.75) is 88.8 Å². The van der Waals surface area contributed by atoms with Crippen LogP contribution in [-0.2, 0) is 8.85 Å². The highest BCUT2D eigenvalue weighted by molar-refractivity contribution is 6.70. The lowest BCUT2D eigenvalue weighted by molar-refractivity contribution is 0.128. The summed E-state index contributed by atoms with van der Waals surface area (Å²) in [4.78, 5) is 0. The Morgan fingerprint density at radius 1 is 0.833 bits per heavy atom. The zero-order valence-electron chi connectivity index (χ0n) is 12.4. The second-order valence-corrected chi connectivity index (χ2v) is 10.1. The van der Waals surface area contributed by atoms with E-state index in [4.69, 9.17) is 8.85 Å². The van der Waals surface area contributed by atoms with E-state index < -0.39 is 8.56 Å². The fourth-order valence-electron chi connectivity index (χ4n) is 4.11. The quantitative estimate of drug-likeness (QED) is 0.669. The molecule has 2 aliphatic carbocycles. The minimum Gasteiger partial charge on any atom is -0.397 e. The van der Waals surface area contributed by atoms with Gasteiger partial charge in [0.1, 0.15) is 0 Å². The Morgan fingerprint density at radius 3 is 1.67 bits per heavy atom. The van der Waals surface area contributed by atoms with Crippen molar-refractivity contribution >= 4 is 8.56 Å². The maximum absolute atomic E-state index is 6.53. The summed E-state index contributed by atoms with van der Waals surface area (Å²) in [6.45, 7) is 4.36. The highest BCUT2D eigenvalue weighted by Crippen LogP contribution is 2.50. The summed E-state index contributed by atoms with van der Waals surface area (Å²) in [6, 6.07) is 0. The topological polar surface area (TPSA) is 18.5 Å². The van der Waals surface area contributed by atoms with Crippen LogP contribution in [0.2, 0.25) is 11.1 Å². The second-order valence-electron chi connectivity index (χ2n) is 6.41. The summed E-state index contributed by atoms with van der Waals surface area (Å²) in [7, 11) is -0.0666. The molecule has 0 bridgehead atoms. The number of rotatable bonds is 5. The van der Waals surface area contributed by atoms with Crippen molar-refractivity contribution in [2.24, 2.45) is 0 Å². The van der Waals surface area contributed by atoms with Crippen molar-refractivity contribution in [3.63, 3.8) is 0 Å². The van der Waals surface area contributed by atoms with E-state index >= 15 is 0 Å². The maximum Gasteiger partial charge on any atom is 0.344 e. The van der Waals surface area contributed by atoms with Crippen LogP contribution >= 0.6 is 0 Å². The average molecular weight is 270 g/mol. The van der Waals surface area contributed by atoms with Gasteiger partial charge in [-0.05, 0) is 39.5 Å². The molecule has 2 fully saturated rings. The van der Waals surface area contributed by atoms with Gasteiger partial charge < -0.3 is 8.85 Å². The molecular weight excluding hydrogens is 240 g/mol.